The summed E-state index contributed by atoms with van der Waals surface area (Å²) in [6.45, 7) is 0. The molecule has 0 aromatic heterocycles. The number of carbonyl (C=O) groups excluding carboxylic acids is 1. The third-order valence-electron chi connectivity index (χ3n) is 2.70. The number of hydrogen-bond acceptors (Lipinski definition) is 4. The lowest BCUT2D eigenvalue weighted by Gasteiger charge is -1.95. The number of hydrogen-bond donors (Lipinski definition) is 3. The molecule has 118 valence electrons. The van der Waals surface area contributed by atoms with E-state index >= 15 is 0 Å². The Kier molecular flexibility index (Phi) is 6.17. The van der Waals surface area contributed by atoms with Gasteiger partial charge in [0.2, 0.25) is 0 Å². The maximum absolute atomic E-state index is 10.4. The van der Waals surface area contributed by atoms with Gasteiger partial charge in [0.1, 0.15) is 0 Å². The van der Waals surface area contributed by atoms with Crippen LogP contribution in [0.15, 0.2) is 48.5 Å². The van der Waals surface area contributed by atoms with Crippen LogP contribution in [0.25, 0.3) is 0 Å². The molecular weight excluding hydrogens is 304 g/mol. The van der Waals surface area contributed by atoms with E-state index in [1.165, 1.54) is 36.4 Å². The summed E-state index contributed by atoms with van der Waals surface area (Å²) < 4.78 is 0. The van der Waals surface area contributed by atoms with E-state index in [1.54, 1.807) is 12.1 Å². The van der Waals surface area contributed by atoms with Gasteiger partial charge in [0.05, 0.1) is 16.7 Å². The van der Waals surface area contributed by atoms with E-state index in [-0.39, 0.29) is 22.3 Å². The number of benzene rings is 2. The minimum atomic E-state index is -1.08. The van der Waals surface area contributed by atoms with E-state index < -0.39 is 17.9 Å². The lowest BCUT2D eigenvalue weighted by atomic mass is 10.1. The van der Waals surface area contributed by atoms with Crippen molar-refractivity contribution < 1.29 is 34.5 Å². The van der Waals surface area contributed by atoms with Crippen molar-refractivity contribution in [2.75, 3.05) is 0 Å². The third-order valence-corrected chi connectivity index (χ3v) is 2.70. The molecule has 2 rings (SSSR count). The minimum Gasteiger partial charge on any atom is -0.478 e. The normalized spacial score (nSPS) is 9.22. The second kappa shape index (κ2) is 8.08. The van der Waals surface area contributed by atoms with Gasteiger partial charge in [-0.15, -0.1) is 0 Å². The van der Waals surface area contributed by atoms with Crippen LogP contribution in [-0.4, -0.2) is 39.5 Å². The van der Waals surface area contributed by atoms with Gasteiger partial charge in [-0.2, -0.15) is 0 Å². The summed E-state index contributed by atoms with van der Waals surface area (Å²) >= 11 is 0. The molecule has 0 amide bonds. The number of carbonyl (C=O) groups is 4. The van der Waals surface area contributed by atoms with Crippen molar-refractivity contribution in [1.29, 1.82) is 0 Å². The second-order valence-electron chi connectivity index (χ2n) is 4.20. The van der Waals surface area contributed by atoms with Crippen LogP contribution in [0.1, 0.15) is 41.4 Å². The molecule has 0 radical (unpaired) electrons. The molecular formula is C16H12O7. The molecule has 0 bridgehead atoms. The smallest absolute Gasteiger partial charge is 0.336 e. The molecule has 0 atom stereocenters. The third kappa shape index (κ3) is 5.09. The highest BCUT2D eigenvalue weighted by Gasteiger charge is 2.06. The fourth-order valence-corrected chi connectivity index (χ4v) is 1.55. The summed E-state index contributed by atoms with van der Waals surface area (Å²) in [4.78, 5) is 41.4. The van der Waals surface area contributed by atoms with Crippen molar-refractivity contribution in [3.8, 4) is 0 Å². The van der Waals surface area contributed by atoms with Gasteiger partial charge < -0.3 is 15.3 Å². The first-order chi connectivity index (χ1) is 10.9. The van der Waals surface area contributed by atoms with Gasteiger partial charge in [-0.3, -0.25) is 4.79 Å². The Morgan fingerprint density at radius 2 is 1.13 bits per heavy atom. The molecule has 2 aromatic rings. The molecule has 0 aliphatic carbocycles. The van der Waals surface area contributed by atoms with Crippen LogP contribution in [0.2, 0.25) is 0 Å². The Morgan fingerprint density at radius 3 is 1.43 bits per heavy atom. The molecule has 2 aromatic carbocycles. The van der Waals surface area contributed by atoms with Crippen LogP contribution in [-0.2, 0) is 0 Å². The number of rotatable bonds is 4. The molecule has 0 fully saturated rings. The average Bonchev–Trinajstić information content (AvgIpc) is 2.55. The molecule has 7 nitrogen and oxygen atoms in total. The number of aldehydes is 1. The van der Waals surface area contributed by atoms with Gasteiger partial charge in [-0.05, 0) is 30.3 Å². The maximum Gasteiger partial charge on any atom is 0.336 e. The van der Waals surface area contributed by atoms with Gasteiger partial charge in [0.15, 0.2) is 6.29 Å². The molecule has 0 unspecified atom stereocenters. The summed E-state index contributed by atoms with van der Waals surface area (Å²) in [6, 6.07) is 11.1. The number of carboxylic acid groups (broad SMARTS) is 3. The van der Waals surface area contributed by atoms with Crippen molar-refractivity contribution in [3.63, 3.8) is 0 Å². The van der Waals surface area contributed by atoms with Crippen molar-refractivity contribution >= 4 is 24.2 Å². The molecule has 0 saturated heterocycles. The van der Waals surface area contributed by atoms with Gasteiger partial charge in [-0.25, -0.2) is 14.4 Å². The lowest BCUT2D eigenvalue weighted by Crippen LogP contribution is -2.00. The van der Waals surface area contributed by atoms with Crippen molar-refractivity contribution in [2.24, 2.45) is 0 Å². The summed E-state index contributed by atoms with van der Waals surface area (Å²) in [5.41, 5.74) is 0.419. The first-order valence-electron chi connectivity index (χ1n) is 6.21. The first kappa shape index (κ1) is 17.6. The summed E-state index contributed by atoms with van der Waals surface area (Å²) in [5, 5.41) is 25.5. The van der Waals surface area contributed by atoms with E-state index in [2.05, 4.69) is 0 Å². The second-order valence-corrected chi connectivity index (χ2v) is 4.20. The molecule has 0 heterocycles. The van der Waals surface area contributed by atoms with Gasteiger partial charge >= 0.3 is 17.9 Å². The zero-order valence-corrected chi connectivity index (χ0v) is 11.7. The van der Waals surface area contributed by atoms with Gasteiger partial charge in [-0.1, -0.05) is 18.2 Å². The Morgan fingerprint density at radius 1 is 0.696 bits per heavy atom. The Labute approximate surface area is 130 Å². The number of carboxylic acids is 3. The SMILES string of the molecule is O=C(O)c1ccc(C(=O)O)cc1.O=Cc1ccccc1C(=O)O. The Balaban J connectivity index is 0.000000231. The topological polar surface area (TPSA) is 129 Å². The quantitative estimate of drug-likeness (QED) is 0.738. The highest BCUT2D eigenvalue weighted by atomic mass is 16.4. The molecule has 0 saturated carbocycles. The largest absolute Gasteiger partial charge is 0.478 e. The number of aromatic carboxylic acids is 3. The lowest BCUT2D eigenvalue weighted by molar-refractivity contribution is 0.0681. The van der Waals surface area contributed by atoms with Crippen LogP contribution in [0.4, 0.5) is 0 Å². The fraction of sp³-hybridized carbons (Fsp3) is 0. The molecule has 7 heteroatoms. The van der Waals surface area contributed by atoms with Crippen LogP contribution in [0.3, 0.4) is 0 Å². The zero-order valence-electron chi connectivity index (χ0n) is 11.7. The van der Waals surface area contributed by atoms with E-state index in [1.807, 2.05) is 0 Å². The van der Waals surface area contributed by atoms with E-state index in [0.29, 0.717) is 6.29 Å². The van der Waals surface area contributed by atoms with E-state index in [9.17, 15) is 19.2 Å². The molecule has 23 heavy (non-hydrogen) atoms. The molecule has 0 aliphatic rings. The van der Waals surface area contributed by atoms with Crippen molar-refractivity contribution in [2.45, 2.75) is 0 Å². The first-order valence-corrected chi connectivity index (χ1v) is 6.21. The molecule has 3 N–H and O–H groups in total. The van der Waals surface area contributed by atoms with Gasteiger partial charge in [0, 0.05) is 5.56 Å². The average molecular weight is 316 g/mol. The predicted molar refractivity (Wildman–Crippen MR) is 79.1 cm³/mol. The molecule has 0 aliphatic heterocycles. The molecule has 0 spiro atoms. The van der Waals surface area contributed by atoms with Crippen LogP contribution < -0.4 is 0 Å². The minimum absolute atomic E-state index is 0.0440. The van der Waals surface area contributed by atoms with Crippen LogP contribution in [0.5, 0.6) is 0 Å². The van der Waals surface area contributed by atoms with E-state index in [0.717, 1.165) is 0 Å². The fourth-order valence-electron chi connectivity index (χ4n) is 1.55. The summed E-state index contributed by atoms with van der Waals surface area (Å²) in [7, 11) is 0. The summed E-state index contributed by atoms with van der Waals surface area (Å²) in [6.07, 6.45) is 0.531. The Hall–Kier alpha value is -3.48. The van der Waals surface area contributed by atoms with Crippen molar-refractivity contribution in [1.82, 2.24) is 0 Å². The highest BCUT2D eigenvalue weighted by molar-refractivity contribution is 5.97. The predicted octanol–water partition coefficient (Wildman–Crippen LogP) is 2.28. The summed E-state index contributed by atoms with van der Waals surface area (Å²) in [5.74, 6) is -3.20. The standard InChI is InChI=1S/C8H6O4.C8H6O3/c9-7(10)5-1-2-6(4-3-5)8(11)12;9-5-6-3-1-2-4-7(6)8(10)11/h1-4H,(H,9,10)(H,11,12);1-5H,(H,10,11). The van der Waals surface area contributed by atoms with E-state index in [4.69, 9.17) is 15.3 Å². The Bertz CT molecular complexity index is 699. The van der Waals surface area contributed by atoms with Crippen molar-refractivity contribution in [3.05, 3.63) is 70.8 Å². The van der Waals surface area contributed by atoms with Crippen LogP contribution in [0, 0.1) is 0 Å². The zero-order chi connectivity index (χ0) is 17.4. The monoisotopic (exact) mass is 316 g/mol. The van der Waals surface area contributed by atoms with Gasteiger partial charge in [0.25, 0.3) is 0 Å². The highest BCUT2D eigenvalue weighted by Crippen LogP contribution is 2.05. The van der Waals surface area contributed by atoms with Crippen LogP contribution >= 0.6 is 0 Å². The maximum atomic E-state index is 10.4.